The van der Waals surface area contributed by atoms with Crippen LogP contribution in [0.25, 0.3) is 0 Å². The van der Waals surface area contributed by atoms with E-state index < -0.39 is 0 Å². The van der Waals surface area contributed by atoms with E-state index in [-0.39, 0.29) is 36.5 Å². The lowest BCUT2D eigenvalue weighted by Crippen LogP contribution is -2.42. The number of carbonyl (C=O) groups excluding carboxylic acids is 2. The Morgan fingerprint density at radius 3 is 1.74 bits per heavy atom. The Bertz CT molecular complexity index is 697. The van der Waals surface area contributed by atoms with E-state index >= 15 is 0 Å². The average Bonchev–Trinajstić information content (AvgIpc) is 2.85. The van der Waals surface area contributed by atoms with E-state index in [4.69, 9.17) is 0 Å². The predicted octanol–water partition coefficient (Wildman–Crippen LogP) is 6.27. The lowest BCUT2D eigenvalue weighted by Gasteiger charge is -2.10. The molecule has 35 heavy (non-hydrogen) atoms. The quantitative estimate of drug-likeness (QED) is 0.103. The monoisotopic (exact) mass is 491 g/mol. The molecule has 0 aliphatic heterocycles. The molecule has 1 rings (SSSR count). The fraction of sp³-hybridized carbons (Fsp3) is 0.714. The minimum atomic E-state index is -0.370. The summed E-state index contributed by atoms with van der Waals surface area (Å²) in [6.07, 6.45) is 21.1. The summed E-state index contributed by atoms with van der Waals surface area (Å²) in [7, 11) is 0. The first-order valence-corrected chi connectivity index (χ1v) is 13.8. The predicted molar refractivity (Wildman–Crippen MR) is 143 cm³/mol. The van der Waals surface area contributed by atoms with Crippen LogP contribution in [0.3, 0.4) is 0 Å². The number of aromatic hydroxyl groups is 2. The summed E-state index contributed by atoms with van der Waals surface area (Å²) in [5, 5.41) is 27.1. The van der Waals surface area contributed by atoms with Crippen molar-refractivity contribution in [2.45, 2.75) is 116 Å². The normalized spacial score (nSPS) is 10.8. The molecule has 0 unspecified atom stereocenters. The van der Waals surface area contributed by atoms with Crippen molar-refractivity contribution < 1.29 is 19.8 Å². The van der Waals surface area contributed by atoms with Gasteiger partial charge in [-0.15, -0.1) is 0 Å². The van der Waals surface area contributed by atoms with Crippen molar-refractivity contribution in [2.75, 3.05) is 13.1 Å². The van der Waals surface area contributed by atoms with E-state index in [9.17, 15) is 19.8 Å². The standard InChI is InChI=1S/C28H49N3O4/c1-2-3-4-5-6-7-8-9-10-11-12-13-14-15-16-17-21-29-28(35)31-23-26(33)30-22-24-19-18-20-25(32)27(24)34/h18-20,32,34H,2-17,21-23H2,1H3,(H,30,33)(H2,29,31,35). The van der Waals surface area contributed by atoms with Crippen LogP contribution in [-0.4, -0.2) is 35.2 Å². The van der Waals surface area contributed by atoms with Gasteiger partial charge in [-0.05, 0) is 12.5 Å². The van der Waals surface area contributed by atoms with Crippen molar-refractivity contribution in [3.63, 3.8) is 0 Å². The fourth-order valence-electron chi connectivity index (χ4n) is 4.07. The number of unbranched alkanes of at least 4 members (excludes halogenated alkanes) is 15. The second-order valence-electron chi connectivity index (χ2n) is 9.47. The number of para-hydroxylation sites is 1. The molecule has 0 aliphatic rings. The van der Waals surface area contributed by atoms with E-state index in [1.807, 2.05) is 0 Å². The number of nitrogens with one attached hydrogen (secondary N) is 3. The number of carbonyl (C=O) groups is 2. The molecule has 0 saturated carbocycles. The largest absolute Gasteiger partial charge is 0.504 e. The van der Waals surface area contributed by atoms with Gasteiger partial charge in [0.25, 0.3) is 0 Å². The zero-order valence-electron chi connectivity index (χ0n) is 21.9. The lowest BCUT2D eigenvalue weighted by molar-refractivity contribution is -0.120. The summed E-state index contributed by atoms with van der Waals surface area (Å²) < 4.78 is 0. The van der Waals surface area contributed by atoms with Crippen LogP contribution in [0.15, 0.2) is 18.2 Å². The van der Waals surface area contributed by atoms with Crippen LogP contribution < -0.4 is 16.0 Å². The van der Waals surface area contributed by atoms with Gasteiger partial charge in [-0.1, -0.05) is 115 Å². The summed E-state index contributed by atoms with van der Waals surface area (Å²) in [5.74, 6) is -0.856. The van der Waals surface area contributed by atoms with Crippen LogP contribution in [-0.2, 0) is 11.3 Å². The van der Waals surface area contributed by atoms with Crippen LogP contribution in [0.4, 0.5) is 4.79 Å². The highest BCUT2D eigenvalue weighted by Gasteiger charge is 2.08. The maximum atomic E-state index is 11.9. The Hall–Kier alpha value is -2.44. The van der Waals surface area contributed by atoms with Gasteiger partial charge in [0.05, 0.1) is 6.54 Å². The van der Waals surface area contributed by atoms with Crippen molar-refractivity contribution >= 4 is 11.9 Å². The molecule has 200 valence electrons. The van der Waals surface area contributed by atoms with Crippen molar-refractivity contribution in [1.82, 2.24) is 16.0 Å². The molecule has 5 N–H and O–H groups in total. The van der Waals surface area contributed by atoms with E-state index in [0.29, 0.717) is 12.1 Å². The fourth-order valence-corrected chi connectivity index (χ4v) is 4.07. The Morgan fingerprint density at radius 1 is 0.686 bits per heavy atom. The number of phenols is 2. The molecule has 0 saturated heterocycles. The summed E-state index contributed by atoms with van der Waals surface area (Å²) >= 11 is 0. The van der Waals surface area contributed by atoms with Gasteiger partial charge >= 0.3 is 6.03 Å². The third-order valence-electron chi connectivity index (χ3n) is 6.30. The summed E-state index contributed by atoms with van der Waals surface area (Å²) in [6.45, 7) is 2.79. The van der Waals surface area contributed by atoms with Gasteiger partial charge < -0.3 is 26.2 Å². The number of hydrogen-bond acceptors (Lipinski definition) is 4. The minimum Gasteiger partial charge on any atom is -0.504 e. The molecule has 7 nitrogen and oxygen atoms in total. The Balaban J connectivity index is 1.85. The molecular formula is C28H49N3O4. The first-order chi connectivity index (χ1) is 17.0. The molecule has 0 aliphatic carbocycles. The third-order valence-corrected chi connectivity index (χ3v) is 6.30. The molecule has 1 aromatic rings. The molecule has 0 atom stereocenters. The number of benzene rings is 1. The van der Waals surface area contributed by atoms with Crippen LogP contribution in [0.1, 0.15) is 115 Å². The highest BCUT2D eigenvalue weighted by atomic mass is 16.3. The van der Waals surface area contributed by atoms with E-state index in [1.165, 1.54) is 96.0 Å². The summed E-state index contributed by atoms with van der Waals surface area (Å²) in [4.78, 5) is 23.7. The van der Waals surface area contributed by atoms with Crippen LogP contribution in [0.2, 0.25) is 0 Å². The second kappa shape index (κ2) is 20.9. The molecule has 0 radical (unpaired) electrons. The summed E-state index contributed by atoms with van der Waals surface area (Å²) in [6, 6.07) is 4.20. The lowest BCUT2D eigenvalue weighted by atomic mass is 10.0. The van der Waals surface area contributed by atoms with Crippen LogP contribution in [0.5, 0.6) is 11.5 Å². The zero-order chi connectivity index (χ0) is 25.6. The average molecular weight is 492 g/mol. The smallest absolute Gasteiger partial charge is 0.315 e. The molecule has 3 amide bonds. The van der Waals surface area contributed by atoms with Crippen LogP contribution in [0, 0.1) is 0 Å². The van der Waals surface area contributed by atoms with Gasteiger partial charge in [0.2, 0.25) is 5.91 Å². The molecule has 1 aromatic carbocycles. The maximum absolute atomic E-state index is 11.9. The molecule has 7 heteroatoms. The first kappa shape index (κ1) is 30.6. The van der Waals surface area contributed by atoms with Crippen molar-refractivity contribution in [3.8, 4) is 11.5 Å². The Morgan fingerprint density at radius 2 is 1.20 bits per heavy atom. The topological polar surface area (TPSA) is 111 Å². The van der Waals surface area contributed by atoms with E-state index in [0.717, 1.165) is 12.8 Å². The van der Waals surface area contributed by atoms with Crippen molar-refractivity contribution in [2.24, 2.45) is 0 Å². The highest BCUT2D eigenvalue weighted by molar-refractivity contribution is 5.83. The molecular weight excluding hydrogens is 442 g/mol. The summed E-state index contributed by atoms with van der Waals surface area (Å²) in [5.41, 5.74) is 0.409. The van der Waals surface area contributed by atoms with Gasteiger partial charge in [0.15, 0.2) is 11.5 Å². The minimum absolute atomic E-state index is 0.0710. The number of hydrogen-bond donors (Lipinski definition) is 5. The number of phenolic OH excluding ortho intramolecular Hbond substituents is 2. The number of rotatable bonds is 21. The maximum Gasteiger partial charge on any atom is 0.315 e. The number of amides is 3. The Kier molecular flexibility index (Phi) is 18.3. The van der Waals surface area contributed by atoms with E-state index in [2.05, 4.69) is 22.9 Å². The van der Waals surface area contributed by atoms with Gasteiger partial charge in [-0.3, -0.25) is 4.79 Å². The Labute approximate surface area is 212 Å². The van der Waals surface area contributed by atoms with Gasteiger partial charge in [0.1, 0.15) is 0 Å². The van der Waals surface area contributed by atoms with Gasteiger partial charge in [-0.2, -0.15) is 0 Å². The SMILES string of the molecule is CCCCCCCCCCCCCCCCCCNC(=O)NCC(=O)NCc1cccc(O)c1O. The van der Waals surface area contributed by atoms with E-state index in [1.54, 1.807) is 12.1 Å². The highest BCUT2D eigenvalue weighted by Crippen LogP contribution is 2.27. The zero-order valence-corrected chi connectivity index (χ0v) is 21.9. The van der Waals surface area contributed by atoms with Crippen molar-refractivity contribution in [1.29, 1.82) is 0 Å². The third kappa shape index (κ3) is 16.8. The van der Waals surface area contributed by atoms with Gasteiger partial charge in [-0.25, -0.2) is 4.79 Å². The first-order valence-electron chi connectivity index (χ1n) is 13.8. The molecule has 0 fully saturated rings. The molecule has 0 aromatic heterocycles. The van der Waals surface area contributed by atoms with Gasteiger partial charge in [0, 0.05) is 18.7 Å². The van der Waals surface area contributed by atoms with Crippen LogP contribution >= 0.6 is 0 Å². The number of urea groups is 1. The molecule has 0 bridgehead atoms. The molecule has 0 spiro atoms. The van der Waals surface area contributed by atoms with Crippen molar-refractivity contribution in [3.05, 3.63) is 23.8 Å². The molecule has 0 heterocycles. The second-order valence-corrected chi connectivity index (χ2v) is 9.47.